The lowest BCUT2D eigenvalue weighted by Gasteiger charge is -2.15. The number of pyridine rings is 3. The van der Waals surface area contributed by atoms with Crippen LogP contribution in [0.2, 0.25) is 0 Å². The Balaban J connectivity index is 1.15. The molecule has 0 spiro atoms. The largest absolute Gasteiger partial charge is 0.457 e. The maximum absolute atomic E-state index is 6.66. The summed E-state index contributed by atoms with van der Waals surface area (Å²) in [5, 5.41) is 5.35. The molecule has 0 bridgehead atoms. The molecule has 0 fully saturated rings. The fourth-order valence-electron chi connectivity index (χ4n) is 7.86. The summed E-state index contributed by atoms with van der Waals surface area (Å²) in [7, 11) is 0. The van der Waals surface area contributed by atoms with Crippen LogP contribution in [-0.4, -0.2) is 23.8 Å². The van der Waals surface area contributed by atoms with E-state index in [4.69, 9.17) is 19.7 Å². The van der Waals surface area contributed by atoms with Crippen molar-refractivity contribution >= 4 is 54.8 Å². The van der Waals surface area contributed by atoms with E-state index in [9.17, 15) is 0 Å². The van der Waals surface area contributed by atoms with Gasteiger partial charge in [-0.05, 0) is 91.9 Å². The average Bonchev–Trinajstić information content (AvgIpc) is 3.78. The summed E-state index contributed by atoms with van der Waals surface area (Å²) in [4.78, 5) is 15.0. The standard InChI is InChI=1S/C44H31N5O/c1-26-20-27(2)41(28(3)21-26)40-24-46-43-35-22-30(15-17-32(35)33-12-7-8-13-38(33)49(40)43)50-31-16-18-34-36(23-31)44-47-37(29-10-5-4-6-11-29)25-48(44)39-14-9-19-45-42(34)39/h4-25H,1-3H3. The predicted octanol–water partition coefficient (Wildman–Crippen LogP) is 11.0. The van der Waals surface area contributed by atoms with Crippen molar-refractivity contribution in [1.29, 1.82) is 0 Å². The van der Waals surface area contributed by atoms with Crippen LogP contribution in [0.5, 0.6) is 11.5 Å². The highest BCUT2D eigenvalue weighted by molar-refractivity contribution is 6.13. The number of nitrogens with zero attached hydrogens (tertiary/aromatic N) is 5. The number of fused-ring (bicyclic) bond motifs is 12. The topological polar surface area (TPSA) is 56.7 Å². The lowest BCUT2D eigenvalue weighted by Crippen LogP contribution is -1.97. The molecule has 0 aliphatic carbocycles. The van der Waals surface area contributed by atoms with E-state index in [1.54, 1.807) is 0 Å². The number of aromatic nitrogens is 5. The van der Waals surface area contributed by atoms with Gasteiger partial charge in [0.25, 0.3) is 0 Å². The van der Waals surface area contributed by atoms with Crippen molar-refractivity contribution in [2.24, 2.45) is 0 Å². The third-order valence-electron chi connectivity index (χ3n) is 9.91. The van der Waals surface area contributed by atoms with Gasteiger partial charge in [-0.15, -0.1) is 0 Å². The van der Waals surface area contributed by atoms with Crippen LogP contribution in [0.15, 0.2) is 134 Å². The second-order valence-corrected chi connectivity index (χ2v) is 13.2. The summed E-state index contributed by atoms with van der Waals surface area (Å²) in [6, 6.07) is 39.9. The first-order valence-electron chi connectivity index (χ1n) is 16.8. The lowest BCUT2D eigenvalue weighted by molar-refractivity contribution is 0.484. The molecule has 0 saturated carbocycles. The predicted molar refractivity (Wildman–Crippen MR) is 203 cm³/mol. The summed E-state index contributed by atoms with van der Waals surface area (Å²) in [6.45, 7) is 6.52. The van der Waals surface area contributed by atoms with E-state index in [1.165, 1.54) is 27.6 Å². The number of para-hydroxylation sites is 1. The van der Waals surface area contributed by atoms with E-state index in [0.717, 1.165) is 77.8 Å². The number of rotatable bonds is 4. The summed E-state index contributed by atoms with van der Waals surface area (Å²) >= 11 is 0. The quantitative estimate of drug-likeness (QED) is 0.179. The molecule has 5 aromatic carbocycles. The molecule has 0 atom stereocenters. The van der Waals surface area contributed by atoms with Gasteiger partial charge in [-0.1, -0.05) is 66.2 Å². The molecule has 0 N–H and O–H groups in total. The van der Waals surface area contributed by atoms with Crippen molar-refractivity contribution in [3.63, 3.8) is 0 Å². The van der Waals surface area contributed by atoms with Gasteiger partial charge in [0.05, 0.1) is 34.1 Å². The minimum atomic E-state index is 0.727. The molecule has 5 heterocycles. The molecule has 10 aromatic rings. The summed E-state index contributed by atoms with van der Waals surface area (Å²) < 4.78 is 11.1. The molecule has 6 nitrogen and oxygen atoms in total. The van der Waals surface area contributed by atoms with E-state index >= 15 is 0 Å². The van der Waals surface area contributed by atoms with Crippen molar-refractivity contribution in [1.82, 2.24) is 23.8 Å². The minimum Gasteiger partial charge on any atom is -0.457 e. The molecular weight excluding hydrogens is 615 g/mol. The van der Waals surface area contributed by atoms with Gasteiger partial charge in [0, 0.05) is 45.1 Å². The monoisotopic (exact) mass is 645 g/mol. The molecule has 0 radical (unpaired) electrons. The van der Waals surface area contributed by atoms with Crippen molar-refractivity contribution in [2.45, 2.75) is 20.8 Å². The van der Waals surface area contributed by atoms with Crippen LogP contribution in [0, 0.1) is 20.8 Å². The van der Waals surface area contributed by atoms with Crippen molar-refractivity contribution < 1.29 is 4.74 Å². The molecule has 0 amide bonds. The van der Waals surface area contributed by atoms with Crippen LogP contribution in [0.3, 0.4) is 0 Å². The van der Waals surface area contributed by atoms with Gasteiger partial charge in [-0.3, -0.25) is 13.8 Å². The number of hydrogen-bond donors (Lipinski definition) is 0. The zero-order valence-electron chi connectivity index (χ0n) is 27.8. The number of benzene rings is 5. The maximum Gasteiger partial charge on any atom is 0.146 e. The second kappa shape index (κ2) is 10.7. The smallest absolute Gasteiger partial charge is 0.146 e. The second-order valence-electron chi connectivity index (χ2n) is 13.2. The van der Waals surface area contributed by atoms with E-state index < -0.39 is 0 Å². The van der Waals surface area contributed by atoms with Gasteiger partial charge in [0.2, 0.25) is 0 Å². The van der Waals surface area contributed by atoms with Crippen LogP contribution in [0.1, 0.15) is 16.7 Å². The van der Waals surface area contributed by atoms with Gasteiger partial charge in [-0.2, -0.15) is 0 Å². The molecule has 10 rings (SSSR count). The first-order valence-corrected chi connectivity index (χ1v) is 16.8. The first-order chi connectivity index (χ1) is 24.5. The van der Waals surface area contributed by atoms with E-state index in [2.05, 4.69) is 115 Å². The maximum atomic E-state index is 6.66. The molecule has 0 unspecified atom stereocenters. The van der Waals surface area contributed by atoms with E-state index in [0.29, 0.717) is 0 Å². The van der Waals surface area contributed by atoms with Crippen LogP contribution in [0.25, 0.3) is 77.3 Å². The summed E-state index contributed by atoms with van der Waals surface area (Å²) in [5.74, 6) is 1.47. The Hall–Kier alpha value is -6.53. The van der Waals surface area contributed by atoms with E-state index in [-0.39, 0.29) is 0 Å². The number of hydrogen-bond acceptors (Lipinski definition) is 4. The molecule has 0 aliphatic rings. The zero-order chi connectivity index (χ0) is 33.5. The minimum absolute atomic E-state index is 0.727. The van der Waals surface area contributed by atoms with Gasteiger partial charge in [0.15, 0.2) is 0 Å². The molecule has 0 aliphatic heterocycles. The highest BCUT2D eigenvalue weighted by Crippen LogP contribution is 2.39. The number of ether oxygens (including phenoxy) is 1. The molecular formula is C44H31N5O. The first kappa shape index (κ1) is 28.5. The fraction of sp³-hybridized carbons (Fsp3) is 0.0682. The highest BCUT2D eigenvalue weighted by Gasteiger charge is 2.19. The van der Waals surface area contributed by atoms with Crippen molar-refractivity contribution in [3.8, 4) is 34.0 Å². The van der Waals surface area contributed by atoms with Crippen molar-refractivity contribution in [2.75, 3.05) is 0 Å². The number of aryl methyl sites for hydroxylation is 3. The van der Waals surface area contributed by atoms with Gasteiger partial charge >= 0.3 is 0 Å². The number of imidazole rings is 2. The Labute approximate surface area is 287 Å². The summed E-state index contributed by atoms with van der Waals surface area (Å²) in [5.41, 5.74) is 12.9. The van der Waals surface area contributed by atoms with Gasteiger partial charge in [-0.25, -0.2) is 9.97 Å². The molecule has 0 saturated heterocycles. The zero-order valence-corrected chi connectivity index (χ0v) is 27.8. The molecule has 5 aromatic heterocycles. The molecule has 50 heavy (non-hydrogen) atoms. The SMILES string of the molecule is Cc1cc(C)c(-c2cnc3c4cc(Oc5ccc6c(c5)c5nc(-c7ccccc7)cn5c5cccnc65)ccc4c4ccccc4n23)c(C)c1. The van der Waals surface area contributed by atoms with Crippen LogP contribution >= 0.6 is 0 Å². The molecule has 238 valence electrons. The normalized spacial score (nSPS) is 11.9. The third kappa shape index (κ3) is 4.25. The van der Waals surface area contributed by atoms with Crippen LogP contribution in [0.4, 0.5) is 0 Å². The third-order valence-corrected chi connectivity index (χ3v) is 9.91. The van der Waals surface area contributed by atoms with Gasteiger partial charge < -0.3 is 4.74 Å². The Morgan fingerprint density at radius 1 is 0.580 bits per heavy atom. The highest BCUT2D eigenvalue weighted by atomic mass is 16.5. The lowest BCUT2D eigenvalue weighted by atomic mass is 9.97. The Morgan fingerprint density at radius 2 is 1.28 bits per heavy atom. The van der Waals surface area contributed by atoms with Crippen LogP contribution in [-0.2, 0) is 0 Å². The Bertz CT molecular complexity index is 2970. The Kier molecular flexibility index (Phi) is 6.12. The van der Waals surface area contributed by atoms with Gasteiger partial charge in [0.1, 0.15) is 22.8 Å². The average molecular weight is 646 g/mol. The van der Waals surface area contributed by atoms with Crippen molar-refractivity contribution in [3.05, 3.63) is 151 Å². The van der Waals surface area contributed by atoms with Crippen LogP contribution < -0.4 is 4.74 Å². The Morgan fingerprint density at radius 3 is 2.08 bits per heavy atom. The fourth-order valence-corrected chi connectivity index (χ4v) is 7.86. The van der Waals surface area contributed by atoms with E-state index in [1.807, 2.05) is 48.8 Å². The molecule has 6 heteroatoms. The summed E-state index contributed by atoms with van der Waals surface area (Å²) in [6.07, 6.45) is 5.95.